The summed E-state index contributed by atoms with van der Waals surface area (Å²) in [4.78, 5) is 11.4. The fourth-order valence-corrected chi connectivity index (χ4v) is 1.50. The molecule has 0 amide bonds. The maximum atomic E-state index is 11.4. The number of carbonyl (C=O) groups is 1. The molecule has 1 saturated heterocycles. The lowest BCUT2D eigenvalue weighted by molar-refractivity contribution is -0.218. The third-order valence-corrected chi connectivity index (χ3v) is 2.27. The second-order valence-electron chi connectivity index (χ2n) is 3.25. The van der Waals surface area contributed by atoms with E-state index in [-0.39, 0.29) is 6.61 Å². The fraction of sp³-hybridized carbons (Fsp3) is 0.444. The molecule has 2 rings (SSSR count). The number of ether oxygens (including phenoxy) is 1. The van der Waals surface area contributed by atoms with Gasteiger partial charge in [-0.2, -0.15) is 0 Å². The lowest BCUT2D eigenvalue weighted by Crippen LogP contribution is -2.57. The highest BCUT2D eigenvalue weighted by atomic mass is 16.6. The van der Waals surface area contributed by atoms with Gasteiger partial charge >= 0.3 is 0 Å². The summed E-state index contributed by atoms with van der Waals surface area (Å²) in [6.45, 7) is 0.144. The Morgan fingerprint density at radius 3 is 3.21 bits per heavy atom. The van der Waals surface area contributed by atoms with Crippen LogP contribution in [0.15, 0.2) is 23.9 Å². The monoisotopic (exact) mass is 197 g/mol. The minimum Gasteiger partial charge on any atom is -0.394 e. The number of aliphatic hydroxyl groups is 2. The molecular weight excluding hydrogens is 186 g/mol. The van der Waals surface area contributed by atoms with Crippen LogP contribution in [0.5, 0.6) is 0 Å². The van der Waals surface area contributed by atoms with Gasteiger partial charge in [-0.05, 0) is 12.2 Å². The molecule has 3 N–H and O–H groups in total. The van der Waals surface area contributed by atoms with E-state index in [1.165, 1.54) is 6.08 Å². The van der Waals surface area contributed by atoms with Crippen LogP contribution in [0.4, 0.5) is 0 Å². The van der Waals surface area contributed by atoms with Crippen LogP contribution < -0.4 is 5.32 Å². The van der Waals surface area contributed by atoms with E-state index in [9.17, 15) is 9.90 Å². The van der Waals surface area contributed by atoms with Crippen LogP contribution in [0.3, 0.4) is 0 Å². The Labute approximate surface area is 80.7 Å². The Balaban J connectivity index is 2.28. The molecule has 14 heavy (non-hydrogen) atoms. The predicted octanol–water partition coefficient (Wildman–Crippen LogP) is -1.32. The Bertz CT molecular complexity index is 323. The van der Waals surface area contributed by atoms with Crippen LogP contribution >= 0.6 is 0 Å². The van der Waals surface area contributed by atoms with Crippen molar-refractivity contribution in [3.05, 3.63) is 23.9 Å². The minimum atomic E-state index is -1.93. The zero-order valence-electron chi connectivity index (χ0n) is 7.43. The molecule has 2 unspecified atom stereocenters. The molecule has 0 aromatic heterocycles. The molecule has 1 aliphatic carbocycles. The van der Waals surface area contributed by atoms with Crippen LogP contribution in [-0.4, -0.2) is 41.0 Å². The molecule has 2 atom stereocenters. The number of hydrogen-bond acceptors (Lipinski definition) is 5. The van der Waals surface area contributed by atoms with Gasteiger partial charge in [0.2, 0.25) is 5.78 Å². The van der Waals surface area contributed by atoms with E-state index in [1.807, 2.05) is 0 Å². The quantitative estimate of drug-likeness (QED) is 0.486. The maximum absolute atomic E-state index is 11.4. The third kappa shape index (κ3) is 1.26. The number of aliphatic hydroxyl groups excluding tert-OH is 1. The molecule has 76 valence electrons. The Hall–Kier alpha value is -1.17. The van der Waals surface area contributed by atoms with Crippen LogP contribution in [0.25, 0.3) is 0 Å². The first kappa shape index (κ1) is 9.39. The van der Waals surface area contributed by atoms with Crippen LogP contribution in [-0.2, 0) is 9.53 Å². The summed E-state index contributed by atoms with van der Waals surface area (Å²) >= 11 is 0. The highest BCUT2D eigenvalue weighted by molar-refractivity contribution is 5.99. The van der Waals surface area contributed by atoms with Crippen molar-refractivity contribution in [1.82, 2.24) is 5.32 Å². The summed E-state index contributed by atoms with van der Waals surface area (Å²) in [5.74, 6) is -2.46. The molecule has 0 radical (unpaired) electrons. The first-order chi connectivity index (χ1) is 6.66. The van der Waals surface area contributed by atoms with Gasteiger partial charge in [0.05, 0.1) is 12.3 Å². The number of ketones is 1. The van der Waals surface area contributed by atoms with Crippen molar-refractivity contribution in [3.63, 3.8) is 0 Å². The summed E-state index contributed by atoms with van der Waals surface area (Å²) in [6, 6.07) is 0. The number of fused-ring (bicyclic) bond motifs is 1. The Kier molecular flexibility index (Phi) is 2.14. The van der Waals surface area contributed by atoms with Crippen molar-refractivity contribution >= 4 is 5.78 Å². The van der Waals surface area contributed by atoms with E-state index < -0.39 is 17.7 Å². The highest BCUT2D eigenvalue weighted by Gasteiger charge is 2.46. The fourth-order valence-electron chi connectivity index (χ4n) is 1.50. The largest absolute Gasteiger partial charge is 0.394 e. The first-order valence-electron chi connectivity index (χ1n) is 4.35. The summed E-state index contributed by atoms with van der Waals surface area (Å²) in [7, 11) is 0. The number of morpholine rings is 1. The molecule has 2 aliphatic rings. The smallest absolute Gasteiger partial charge is 0.273 e. The molecular formula is C9H11NO4. The van der Waals surface area contributed by atoms with Crippen molar-refractivity contribution in [2.45, 2.75) is 11.9 Å². The first-order valence-corrected chi connectivity index (χ1v) is 4.35. The molecule has 1 fully saturated rings. The summed E-state index contributed by atoms with van der Waals surface area (Å²) in [5.41, 5.74) is 0.328. The van der Waals surface area contributed by atoms with Gasteiger partial charge in [0.25, 0.3) is 5.79 Å². The molecule has 0 spiro atoms. The summed E-state index contributed by atoms with van der Waals surface area (Å²) < 4.78 is 5.11. The van der Waals surface area contributed by atoms with E-state index in [1.54, 1.807) is 12.2 Å². The van der Waals surface area contributed by atoms with E-state index in [2.05, 4.69) is 5.32 Å². The average molecular weight is 197 g/mol. The SMILES string of the molecule is O=C1C=CC=C2NCC(CO)OC12O. The van der Waals surface area contributed by atoms with Gasteiger partial charge in [-0.15, -0.1) is 0 Å². The minimum absolute atomic E-state index is 0.237. The maximum Gasteiger partial charge on any atom is 0.273 e. The van der Waals surface area contributed by atoms with Crippen molar-refractivity contribution in [2.75, 3.05) is 13.2 Å². The van der Waals surface area contributed by atoms with Gasteiger partial charge in [-0.25, -0.2) is 0 Å². The second-order valence-corrected chi connectivity index (χ2v) is 3.25. The van der Waals surface area contributed by atoms with Crippen molar-refractivity contribution in [2.24, 2.45) is 0 Å². The molecule has 1 aliphatic heterocycles. The van der Waals surface area contributed by atoms with Gasteiger partial charge in [-0.3, -0.25) is 4.79 Å². The van der Waals surface area contributed by atoms with Crippen molar-refractivity contribution < 1.29 is 19.7 Å². The van der Waals surface area contributed by atoms with Gasteiger partial charge in [0, 0.05) is 6.54 Å². The van der Waals surface area contributed by atoms with Crippen LogP contribution in [0, 0.1) is 0 Å². The normalized spacial score (nSPS) is 36.0. The number of allylic oxidation sites excluding steroid dienone is 2. The van der Waals surface area contributed by atoms with Gasteiger partial charge < -0.3 is 20.3 Å². The van der Waals surface area contributed by atoms with E-state index in [0.717, 1.165) is 0 Å². The van der Waals surface area contributed by atoms with Crippen molar-refractivity contribution in [1.29, 1.82) is 0 Å². The second kappa shape index (κ2) is 3.20. The Morgan fingerprint density at radius 1 is 1.71 bits per heavy atom. The topological polar surface area (TPSA) is 78.8 Å². The molecule has 5 nitrogen and oxygen atoms in total. The van der Waals surface area contributed by atoms with Gasteiger partial charge in [0.15, 0.2) is 0 Å². The van der Waals surface area contributed by atoms with Crippen LogP contribution in [0.2, 0.25) is 0 Å². The number of rotatable bonds is 1. The highest BCUT2D eigenvalue weighted by Crippen LogP contribution is 2.26. The zero-order valence-corrected chi connectivity index (χ0v) is 7.43. The predicted molar refractivity (Wildman–Crippen MR) is 47.1 cm³/mol. The van der Waals surface area contributed by atoms with E-state index in [0.29, 0.717) is 12.2 Å². The Morgan fingerprint density at radius 2 is 2.50 bits per heavy atom. The molecule has 0 bridgehead atoms. The van der Waals surface area contributed by atoms with E-state index >= 15 is 0 Å². The number of nitrogens with one attached hydrogen (secondary N) is 1. The lowest BCUT2D eigenvalue weighted by Gasteiger charge is -2.38. The summed E-state index contributed by atoms with van der Waals surface area (Å²) in [5, 5.41) is 21.6. The zero-order chi connectivity index (χ0) is 10.2. The van der Waals surface area contributed by atoms with E-state index in [4.69, 9.17) is 9.84 Å². The molecule has 0 aromatic carbocycles. The molecule has 0 saturated carbocycles. The average Bonchev–Trinajstić information content (AvgIpc) is 2.19. The number of hydrogen-bond donors (Lipinski definition) is 3. The molecule has 1 heterocycles. The molecule has 0 aromatic rings. The molecule has 5 heteroatoms. The third-order valence-electron chi connectivity index (χ3n) is 2.27. The lowest BCUT2D eigenvalue weighted by atomic mass is 10.00. The van der Waals surface area contributed by atoms with Gasteiger partial charge in [-0.1, -0.05) is 6.08 Å². The van der Waals surface area contributed by atoms with Crippen molar-refractivity contribution in [3.8, 4) is 0 Å². The number of carbonyl (C=O) groups excluding carboxylic acids is 1. The van der Waals surface area contributed by atoms with Crippen LogP contribution in [0.1, 0.15) is 0 Å². The standard InChI is InChI=1S/C9H11NO4/c11-5-6-4-10-7-2-1-3-8(12)9(7,13)14-6/h1-3,6,10-11,13H,4-5H2. The van der Waals surface area contributed by atoms with Gasteiger partial charge in [0.1, 0.15) is 6.10 Å². The summed E-state index contributed by atoms with van der Waals surface area (Å²) in [6.07, 6.45) is 3.80.